The summed E-state index contributed by atoms with van der Waals surface area (Å²) in [6.07, 6.45) is 1.40. The Kier molecular flexibility index (Phi) is 3.72. The number of likely N-dealkylation sites (tertiary alicyclic amines) is 1. The van der Waals surface area contributed by atoms with E-state index < -0.39 is 0 Å². The van der Waals surface area contributed by atoms with E-state index >= 15 is 0 Å². The molecule has 1 aliphatic heterocycles. The molecule has 1 atom stereocenters. The number of fused-ring (bicyclic) bond motifs is 1. The highest BCUT2D eigenvalue weighted by atomic mass is 16.3. The van der Waals surface area contributed by atoms with Crippen LogP contribution in [0.4, 0.5) is 0 Å². The molecule has 1 N–H and O–H groups in total. The van der Waals surface area contributed by atoms with Gasteiger partial charge in [0.05, 0.1) is 6.10 Å². The van der Waals surface area contributed by atoms with Gasteiger partial charge >= 0.3 is 0 Å². The molecule has 0 radical (unpaired) electrons. The summed E-state index contributed by atoms with van der Waals surface area (Å²) in [7, 11) is 0. The lowest BCUT2D eigenvalue weighted by atomic mass is 9.92. The lowest BCUT2D eigenvalue weighted by Crippen LogP contribution is -2.40. The monoisotopic (exact) mass is 287 g/mol. The van der Waals surface area contributed by atoms with Crippen LogP contribution in [0, 0.1) is 12.8 Å². The molecule has 1 aromatic heterocycles. The van der Waals surface area contributed by atoms with E-state index in [1.54, 1.807) is 0 Å². The summed E-state index contributed by atoms with van der Waals surface area (Å²) in [6, 6.07) is 7.73. The van der Waals surface area contributed by atoms with Crippen LogP contribution in [0.25, 0.3) is 11.0 Å². The number of aliphatic hydroxyl groups excluding tert-OH is 1. The highest BCUT2D eigenvalue weighted by molar-refractivity contribution is 5.98. The van der Waals surface area contributed by atoms with E-state index in [1.807, 2.05) is 43.0 Å². The predicted molar refractivity (Wildman–Crippen MR) is 81.3 cm³/mol. The second-order valence-electron chi connectivity index (χ2n) is 5.92. The summed E-state index contributed by atoms with van der Waals surface area (Å²) in [4.78, 5) is 14.5. The molecule has 1 unspecified atom stereocenters. The topological polar surface area (TPSA) is 53.7 Å². The first-order valence-electron chi connectivity index (χ1n) is 7.53. The van der Waals surface area contributed by atoms with Gasteiger partial charge in [0.2, 0.25) is 0 Å². The van der Waals surface area contributed by atoms with E-state index in [4.69, 9.17) is 4.42 Å². The molecule has 2 heterocycles. The van der Waals surface area contributed by atoms with Gasteiger partial charge in [-0.05, 0) is 38.7 Å². The van der Waals surface area contributed by atoms with Gasteiger partial charge in [-0.1, -0.05) is 18.2 Å². The first-order chi connectivity index (χ1) is 10.1. The molecule has 1 fully saturated rings. The van der Waals surface area contributed by atoms with E-state index in [-0.39, 0.29) is 12.0 Å². The smallest absolute Gasteiger partial charge is 0.289 e. The first kappa shape index (κ1) is 14.1. The lowest BCUT2D eigenvalue weighted by Gasteiger charge is -2.32. The summed E-state index contributed by atoms with van der Waals surface area (Å²) in [5, 5.41) is 10.6. The van der Waals surface area contributed by atoms with Gasteiger partial charge in [0.1, 0.15) is 5.58 Å². The molecule has 1 aromatic carbocycles. The Morgan fingerprint density at radius 1 is 1.33 bits per heavy atom. The van der Waals surface area contributed by atoms with Gasteiger partial charge in [-0.15, -0.1) is 0 Å². The number of benzene rings is 1. The molecule has 0 spiro atoms. The summed E-state index contributed by atoms with van der Waals surface area (Å²) in [5.41, 5.74) is 1.67. The van der Waals surface area contributed by atoms with E-state index in [0.29, 0.717) is 24.8 Å². The first-order valence-corrected chi connectivity index (χ1v) is 7.53. The summed E-state index contributed by atoms with van der Waals surface area (Å²) >= 11 is 0. The molecule has 1 saturated heterocycles. The Morgan fingerprint density at radius 2 is 2.00 bits per heavy atom. The van der Waals surface area contributed by atoms with Gasteiger partial charge in [-0.3, -0.25) is 4.79 Å². The fraction of sp³-hybridized carbons (Fsp3) is 0.471. The molecule has 4 nitrogen and oxygen atoms in total. The minimum Gasteiger partial charge on any atom is -0.451 e. The van der Waals surface area contributed by atoms with Gasteiger partial charge < -0.3 is 14.4 Å². The maximum atomic E-state index is 12.6. The minimum absolute atomic E-state index is 0.0345. The molecule has 0 saturated carbocycles. The second-order valence-corrected chi connectivity index (χ2v) is 5.92. The highest BCUT2D eigenvalue weighted by Crippen LogP contribution is 2.28. The van der Waals surface area contributed by atoms with Crippen molar-refractivity contribution in [3.8, 4) is 0 Å². The molecule has 2 aromatic rings. The maximum Gasteiger partial charge on any atom is 0.289 e. The zero-order chi connectivity index (χ0) is 15.0. The summed E-state index contributed by atoms with van der Waals surface area (Å²) in [6.45, 7) is 5.13. The van der Waals surface area contributed by atoms with Crippen molar-refractivity contribution in [1.82, 2.24) is 4.90 Å². The quantitative estimate of drug-likeness (QED) is 0.924. The number of amides is 1. The fourth-order valence-electron chi connectivity index (χ4n) is 3.11. The third-order valence-corrected chi connectivity index (χ3v) is 4.55. The Hall–Kier alpha value is -1.81. The number of para-hydroxylation sites is 1. The Bertz CT molecular complexity index is 651. The van der Waals surface area contributed by atoms with Crippen molar-refractivity contribution in [2.24, 2.45) is 5.92 Å². The van der Waals surface area contributed by atoms with E-state index in [0.717, 1.165) is 29.4 Å². The third kappa shape index (κ3) is 2.56. The summed E-state index contributed by atoms with van der Waals surface area (Å²) in [5.74, 6) is 0.713. The standard InChI is InChI=1S/C17H21NO3/c1-11-14-5-3-4-6-15(14)21-16(11)17(20)18-9-7-13(8-10-18)12(2)19/h3-6,12-13,19H,7-10H2,1-2H3. The van der Waals surface area contributed by atoms with Crippen LogP contribution >= 0.6 is 0 Å². The van der Waals surface area contributed by atoms with Crippen LogP contribution in [0.15, 0.2) is 28.7 Å². The van der Waals surface area contributed by atoms with Crippen molar-refractivity contribution in [2.75, 3.05) is 13.1 Å². The molecule has 21 heavy (non-hydrogen) atoms. The number of furan rings is 1. The predicted octanol–water partition coefficient (Wildman–Crippen LogP) is 2.97. The number of aliphatic hydroxyl groups is 1. The van der Waals surface area contributed by atoms with Crippen LogP contribution < -0.4 is 0 Å². The Labute approximate surface area is 124 Å². The summed E-state index contributed by atoms with van der Waals surface area (Å²) < 4.78 is 5.75. The lowest BCUT2D eigenvalue weighted by molar-refractivity contribution is 0.0499. The van der Waals surface area contributed by atoms with Crippen molar-refractivity contribution in [1.29, 1.82) is 0 Å². The van der Waals surface area contributed by atoms with Gasteiger partial charge in [0.25, 0.3) is 5.91 Å². The number of nitrogens with zero attached hydrogens (tertiary/aromatic N) is 1. The van der Waals surface area contributed by atoms with E-state index in [2.05, 4.69) is 0 Å². The molecule has 4 heteroatoms. The largest absolute Gasteiger partial charge is 0.451 e. The number of hydrogen-bond acceptors (Lipinski definition) is 3. The number of carbonyl (C=O) groups is 1. The number of piperidine rings is 1. The van der Waals surface area contributed by atoms with E-state index in [1.165, 1.54) is 0 Å². The molecule has 1 aliphatic rings. The average Bonchev–Trinajstić information content (AvgIpc) is 2.84. The van der Waals surface area contributed by atoms with Crippen molar-refractivity contribution in [3.05, 3.63) is 35.6 Å². The van der Waals surface area contributed by atoms with Gasteiger partial charge in [-0.25, -0.2) is 0 Å². The number of hydrogen-bond donors (Lipinski definition) is 1. The van der Waals surface area contributed by atoms with Crippen LogP contribution in [0.3, 0.4) is 0 Å². The zero-order valence-corrected chi connectivity index (χ0v) is 12.5. The van der Waals surface area contributed by atoms with Crippen LogP contribution in [0.2, 0.25) is 0 Å². The van der Waals surface area contributed by atoms with E-state index in [9.17, 15) is 9.90 Å². The highest BCUT2D eigenvalue weighted by Gasteiger charge is 2.28. The van der Waals surface area contributed by atoms with Gasteiger partial charge in [-0.2, -0.15) is 0 Å². The van der Waals surface area contributed by atoms with Crippen LogP contribution in [0.1, 0.15) is 35.9 Å². The van der Waals surface area contributed by atoms with Crippen molar-refractivity contribution in [3.63, 3.8) is 0 Å². The van der Waals surface area contributed by atoms with Gasteiger partial charge in [0.15, 0.2) is 5.76 Å². The number of carbonyl (C=O) groups excluding carboxylic acids is 1. The number of rotatable bonds is 2. The maximum absolute atomic E-state index is 12.6. The molecule has 0 bridgehead atoms. The van der Waals surface area contributed by atoms with Crippen molar-refractivity contribution < 1.29 is 14.3 Å². The molecular weight excluding hydrogens is 266 g/mol. The normalized spacial score (nSPS) is 18.1. The second kappa shape index (κ2) is 5.53. The van der Waals surface area contributed by atoms with Crippen molar-refractivity contribution >= 4 is 16.9 Å². The minimum atomic E-state index is -0.296. The molecule has 3 rings (SSSR count). The average molecular weight is 287 g/mol. The third-order valence-electron chi connectivity index (χ3n) is 4.55. The molecule has 0 aliphatic carbocycles. The van der Waals surface area contributed by atoms with Crippen LogP contribution in [-0.4, -0.2) is 35.1 Å². The van der Waals surface area contributed by atoms with Crippen LogP contribution in [0.5, 0.6) is 0 Å². The van der Waals surface area contributed by atoms with Crippen LogP contribution in [-0.2, 0) is 0 Å². The Balaban J connectivity index is 1.80. The Morgan fingerprint density at radius 3 is 2.62 bits per heavy atom. The fourth-order valence-corrected chi connectivity index (χ4v) is 3.11. The zero-order valence-electron chi connectivity index (χ0n) is 12.5. The molecule has 1 amide bonds. The molecule has 112 valence electrons. The molecular formula is C17H21NO3. The SMILES string of the molecule is Cc1c(C(=O)N2CCC(C(C)O)CC2)oc2ccccc12. The van der Waals surface area contributed by atoms with Gasteiger partial charge in [0, 0.05) is 24.0 Å². The number of aryl methyl sites for hydroxylation is 1. The van der Waals surface area contributed by atoms with Crippen molar-refractivity contribution in [2.45, 2.75) is 32.8 Å².